The fraction of sp³-hybridized carbons (Fsp3) is 0.280. The second kappa shape index (κ2) is 7.60. The third-order valence-electron chi connectivity index (χ3n) is 5.67. The van der Waals surface area contributed by atoms with Crippen LogP contribution in [0.1, 0.15) is 62.8 Å². The van der Waals surface area contributed by atoms with Crippen LogP contribution in [-0.4, -0.2) is 16.1 Å². The monoisotopic (exact) mass is 403 g/mol. The Kier molecular flexibility index (Phi) is 5.13. The molecule has 1 aromatic heterocycles. The van der Waals surface area contributed by atoms with Crippen molar-refractivity contribution in [1.82, 2.24) is 4.98 Å². The standard InChI is InChI=1S/C25H25NO2S/c1-16-15-26-23(29-16)20-12-13-25(2,3)22-11-8-18(14-21(20)22)5-4-17-6-9-19(10-7-17)24(27)28/h6-12,14-15H,4-5,13H2,1-3H3,(H,27,28). The predicted molar refractivity (Wildman–Crippen MR) is 119 cm³/mol. The number of allylic oxidation sites excluding steroid dienone is 1. The molecular weight excluding hydrogens is 378 g/mol. The van der Waals surface area contributed by atoms with Crippen LogP contribution in [0.5, 0.6) is 0 Å². The Labute approximate surface area is 175 Å². The molecule has 4 rings (SSSR count). The maximum atomic E-state index is 11.0. The molecule has 148 valence electrons. The largest absolute Gasteiger partial charge is 0.478 e. The van der Waals surface area contributed by atoms with E-state index in [1.54, 1.807) is 23.5 Å². The number of hydrogen-bond acceptors (Lipinski definition) is 3. The molecule has 3 nitrogen and oxygen atoms in total. The Balaban J connectivity index is 1.60. The van der Waals surface area contributed by atoms with E-state index >= 15 is 0 Å². The van der Waals surface area contributed by atoms with Gasteiger partial charge in [-0.25, -0.2) is 9.78 Å². The number of hydrogen-bond donors (Lipinski definition) is 1. The van der Waals surface area contributed by atoms with Crippen molar-refractivity contribution in [1.29, 1.82) is 0 Å². The van der Waals surface area contributed by atoms with E-state index < -0.39 is 5.97 Å². The topological polar surface area (TPSA) is 50.2 Å². The molecule has 1 aliphatic rings. The molecule has 3 aromatic rings. The van der Waals surface area contributed by atoms with Crippen LogP contribution in [0, 0.1) is 6.92 Å². The Hall–Kier alpha value is -2.72. The first kappa shape index (κ1) is 19.6. The third kappa shape index (κ3) is 4.03. The Morgan fingerprint density at radius 2 is 1.79 bits per heavy atom. The minimum Gasteiger partial charge on any atom is -0.478 e. The fourth-order valence-electron chi connectivity index (χ4n) is 3.92. The van der Waals surface area contributed by atoms with Gasteiger partial charge in [0, 0.05) is 16.6 Å². The highest BCUT2D eigenvalue weighted by molar-refractivity contribution is 7.12. The lowest BCUT2D eigenvalue weighted by Crippen LogP contribution is -2.22. The predicted octanol–water partition coefficient (Wildman–Crippen LogP) is 6.05. The van der Waals surface area contributed by atoms with E-state index in [1.165, 1.54) is 27.1 Å². The van der Waals surface area contributed by atoms with Gasteiger partial charge in [-0.1, -0.05) is 50.3 Å². The molecule has 1 N–H and O–H groups in total. The van der Waals surface area contributed by atoms with Crippen molar-refractivity contribution in [3.05, 3.63) is 92.4 Å². The van der Waals surface area contributed by atoms with Gasteiger partial charge in [-0.3, -0.25) is 0 Å². The Morgan fingerprint density at radius 1 is 1.10 bits per heavy atom. The first-order valence-electron chi connectivity index (χ1n) is 9.92. The van der Waals surface area contributed by atoms with Crippen molar-refractivity contribution in [3.63, 3.8) is 0 Å². The molecule has 0 atom stereocenters. The fourth-order valence-corrected chi connectivity index (χ4v) is 4.74. The Morgan fingerprint density at radius 3 is 2.45 bits per heavy atom. The molecule has 0 saturated carbocycles. The van der Waals surface area contributed by atoms with E-state index in [1.807, 2.05) is 18.3 Å². The summed E-state index contributed by atoms with van der Waals surface area (Å²) in [7, 11) is 0. The van der Waals surface area contributed by atoms with Gasteiger partial charge in [0.1, 0.15) is 5.01 Å². The minimum atomic E-state index is -0.884. The second-order valence-corrected chi connectivity index (χ2v) is 9.60. The van der Waals surface area contributed by atoms with Gasteiger partial charge in [0.25, 0.3) is 0 Å². The zero-order valence-electron chi connectivity index (χ0n) is 17.0. The molecule has 0 fully saturated rings. The summed E-state index contributed by atoms with van der Waals surface area (Å²) in [5.74, 6) is -0.884. The number of carboxylic acid groups (broad SMARTS) is 1. The second-order valence-electron chi connectivity index (χ2n) is 8.36. The van der Waals surface area contributed by atoms with Crippen molar-refractivity contribution in [2.24, 2.45) is 0 Å². The first-order valence-corrected chi connectivity index (χ1v) is 10.7. The number of carboxylic acids is 1. The molecule has 29 heavy (non-hydrogen) atoms. The molecule has 0 amide bonds. The van der Waals surface area contributed by atoms with Crippen molar-refractivity contribution >= 4 is 22.9 Å². The summed E-state index contributed by atoms with van der Waals surface area (Å²) in [6.45, 7) is 6.70. The third-order valence-corrected chi connectivity index (χ3v) is 6.62. The quantitative estimate of drug-likeness (QED) is 0.564. The van der Waals surface area contributed by atoms with E-state index in [0.29, 0.717) is 5.56 Å². The number of carbonyl (C=O) groups is 1. The van der Waals surface area contributed by atoms with Crippen molar-refractivity contribution in [3.8, 4) is 0 Å². The average molecular weight is 404 g/mol. The number of thiazole rings is 1. The van der Waals surface area contributed by atoms with Crippen LogP contribution in [0.2, 0.25) is 0 Å². The van der Waals surface area contributed by atoms with E-state index in [9.17, 15) is 4.79 Å². The van der Waals surface area contributed by atoms with Crippen LogP contribution in [0.15, 0.2) is 54.7 Å². The SMILES string of the molecule is Cc1cnc(C2=CCC(C)(C)c3ccc(CCc4ccc(C(=O)O)cc4)cc32)s1. The highest BCUT2D eigenvalue weighted by Crippen LogP contribution is 2.42. The number of benzene rings is 2. The van der Waals surface area contributed by atoms with Gasteiger partial charge in [0.05, 0.1) is 5.56 Å². The highest BCUT2D eigenvalue weighted by Gasteiger charge is 2.29. The average Bonchev–Trinajstić information content (AvgIpc) is 3.12. The highest BCUT2D eigenvalue weighted by atomic mass is 32.1. The van der Waals surface area contributed by atoms with Gasteiger partial charge < -0.3 is 5.11 Å². The van der Waals surface area contributed by atoms with Crippen molar-refractivity contribution in [2.45, 2.75) is 45.4 Å². The van der Waals surface area contributed by atoms with Gasteiger partial charge in [-0.15, -0.1) is 11.3 Å². The zero-order valence-corrected chi connectivity index (χ0v) is 17.8. The molecule has 2 aromatic carbocycles. The summed E-state index contributed by atoms with van der Waals surface area (Å²) in [5.41, 5.74) is 6.84. The van der Waals surface area contributed by atoms with Crippen LogP contribution in [-0.2, 0) is 18.3 Å². The maximum absolute atomic E-state index is 11.0. The lowest BCUT2D eigenvalue weighted by Gasteiger charge is -2.32. The molecule has 0 aliphatic heterocycles. The van der Waals surface area contributed by atoms with Gasteiger partial charge in [-0.2, -0.15) is 0 Å². The number of rotatable bonds is 5. The molecule has 0 spiro atoms. The lowest BCUT2D eigenvalue weighted by atomic mass is 9.73. The summed E-state index contributed by atoms with van der Waals surface area (Å²) in [6.07, 6.45) is 7.12. The minimum absolute atomic E-state index is 0.121. The summed E-state index contributed by atoms with van der Waals surface area (Å²) < 4.78 is 0. The molecule has 0 bridgehead atoms. The van der Waals surface area contributed by atoms with Gasteiger partial charge in [-0.05, 0) is 66.0 Å². The van der Waals surface area contributed by atoms with E-state index in [0.717, 1.165) is 29.8 Å². The van der Waals surface area contributed by atoms with Gasteiger partial charge in [0.2, 0.25) is 0 Å². The molecule has 0 saturated heterocycles. The zero-order chi connectivity index (χ0) is 20.6. The van der Waals surface area contributed by atoms with Crippen molar-refractivity contribution in [2.75, 3.05) is 0 Å². The molecular formula is C25H25NO2S. The first-order chi connectivity index (χ1) is 13.8. The van der Waals surface area contributed by atoms with E-state index in [-0.39, 0.29) is 5.41 Å². The molecule has 0 unspecified atom stereocenters. The number of aryl methyl sites for hydroxylation is 3. The summed E-state index contributed by atoms with van der Waals surface area (Å²) in [4.78, 5) is 16.9. The van der Waals surface area contributed by atoms with Crippen LogP contribution in [0.4, 0.5) is 0 Å². The lowest BCUT2D eigenvalue weighted by molar-refractivity contribution is 0.0697. The van der Waals surface area contributed by atoms with Crippen LogP contribution in [0.3, 0.4) is 0 Å². The Bertz CT molecular complexity index is 1090. The molecule has 0 radical (unpaired) electrons. The smallest absolute Gasteiger partial charge is 0.335 e. The number of nitrogens with zero attached hydrogens (tertiary/aromatic N) is 1. The summed E-state index contributed by atoms with van der Waals surface area (Å²) >= 11 is 1.75. The van der Waals surface area contributed by atoms with Crippen molar-refractivity contribution < 1.29 is 9.90 Å². The van der Waals surface area contributed by atoms with Crippen LogP contribution in [0.25, 0.3) is 5.57 Å². The number of fused-ring (bicyclic) bond motifs is 1. The number of aromatic nitrogens is 1. The van der Waals surface area contributed by atoms with Gasteiger partial charge in [0.15, 0.2) is 0 Å². The van der Waals surface area contributed by atoms with Crippen LogP contribution < -0.4 is 0 Å². The van der Waals surface area contributed by atoms with Gasteiger partial charge >= 0.3 is 5.97 Å². The molecule has 4 heteroatoms. The normalized spacial score (nSPS) is 14.9. The molecule has 1 heterocycles. The molecule has 1 aliphatic carbocycles. The maximum Gasteiger partial charge on any atom is 0.335 e. The van der Waals surface area contributed by atoms with E-state index in [4.69, 9.17) is 5.11 Å². The summed E-state index contributed by atoms with van der Waals surface area (Å²) in [5, 5.41) is 10.1. The van der Waals surface area contributed by atoms with Crippen LogP contribution >= 0.6 is 11.3 Å². The van der Waals surface area contributed by atoms with E-state index in [2.05, 4.69) is 50.0 Å². The summed E-state index contributed by atoms with van der Waals surface area (Å²) in [6, 6.07) is 14.0. The number of aromatic carboxylic acids is 1.